The van der Waals surface area contributed by atoms with E-state index in [2.05, 4.69) is 20.7 Å². The predicted molar refractivity (Wildman–Crippen MR) is 105 cm³/mol. The van der Waals surface area contributed by atoms with E-state index in [1.165, 1.54) is 0 Å². The van der Waals surface area contributed by atoms with E-state index in [9.17, 15) is 4.79 Å². The molecule has 0 fully saturated rings. The number of carbonyl (C=O) groups is 1. The first-order valence-corrected chi connectivity index (χ1v) is 9.20. The van der Waals surface area contributed by atoms with E-state index < -0.39 is 0 Å². The van der Waals surface area contributed by atoms with Crippen molar-refractivity contribution in [1.82, 2.24) is 20.4 Å². The van der Waals surface area contributed by atoms with Crippen LogP contribution in [0.4, 0.5) is 5.69 Å². The Bertz CT molecular complexity index is 801. The summed E-state index contributed by atoms with van der Waals surface area (Å²) in [5.74, 6) is 1.51. The van der Waals surface area contributed by atoms with Crippen molar-refractivity contribution in [2.24, 2.45) is 12.0 Å². The minimum atomic E-state index is -0.00881. The van der Waals surface area contributed by atoms with Gasteiger partial charge in [0.05, 0.1) is 17.9 Å². The molecule has 2 heterocycles. The molecule has 0 aliphatic carbocycles. The van der Waals surface area contributed by atoms with Crippen molar-refractivity contribution in [3.05, 3.63) is 42.2 Å². The summed E-state index contributed by atoms with van der Waals surface area (Å²) in [5, 5.41) is 10.7. The lowest BCUT2D eigenvalue weighted by molar-refractivity contribution is -0.121. The molecule has 2 N–H and O–H groups in total. The molecular formula is C19H26N6O2. The van der Waals surface area contributed by atoms with Gasteiger partial charge >= 0.3 is 0 Å². The second-order valence-corrected chi connectivity index (χ2v) is 6.22. The van der Waals surface area contributed by atoms with E-state index in [1.807, 2.05) is 49.0 Å². The van der Waals surface area contributed by atoms with Gasteiger partial charge in [-0.1, -0.05) is 12.1 Å². The van der Waals surface area contributed by atoms with E-state index in [0.29, 0.717) is 19.6 Å². The number of hydrogen-bond donors (Lipinski definition) is 2. The first-order chi connectivity index (χ1) is 13.2. The lowest BCUT2D eigenvalue weighted by Crippen LogP contribution is -2.42. The summed E-state index contributed by atoms with van der Waals surface area (Å²) >= 11 is 0. The number of hydrogen-bond acceptors (Lipinski definition) is 4. The van der Waals surface area contributed by atoms with Crippen LogP contribution in [0, 0.1) is 0 Å². The molecule has 1 aliphatic rings. The molecule has 0 radical (unpaired) electrons. The van der Waals surface area contributed by atoms with E-state index in [4.69, 9.17) is 4.74 Å². The molecule has 0 bridgehead atoms. The topological polar surface area (TPSA) is 83.8 Å². The van der Waals surface area contributed by atoms with Gasteiger partial charge in [0.1, 0.15) is 5.75 Å². The Morgan fingerprint density at radius 1 is 1.30 bits per heavy atom. The fourth-order valence-electron chi connectivity index (χ4n) is 2.90. The molecule has 8 nitrogen and oxygen atoms in total. The summed E-state index contributed by atoms with van der Waals surface area (Å²) in [6.45, 7) is 4.81. The van der Waals surface area contributed by atoms with Gasteiger partial charge in [0.2, 0.25) is 0 Å². The van der Waals surface area contributed by atoms with Crippen LogP contribution in [0.15, 0.2) is 41.5 Å². The van der Waals surface area contributed by atoms with Crippen molar-refractivity contribution >= 4 is 17.6 Å². The lowest BCUT2D eigenvalue weighted by Gasteiger charge is -2.29. The van der Waals surface area contributed by atoms with Gasteiger partial charge in [0.15, 0.2) is 12.6 Å². The monoisotopic (exact) mass is 370 g/mol. The van der Waals surface area contributed by atoms with Crippen LogP contribution in [0.3, 0.4) is 0 Å². The molecule has 3 rings (SSSR count). The maximum Gasteiger partial charge on any atom is 0.265 e. The van der Waals surface area contributed by atoms with Crippen LogP contribution in [0.5, 0.6) is 5.75 Å². The third-order valence-electron chi connectivity index (χ3n) is 4.33. The van der Waals surface area contributed by atoms with E-state index in [1.54, 1.807) is 11.1 Å². The summed E-state index contributed by atoms with van der Waals surface area (Å²) < 4.78 is 7.29. The molecule has 0 spiro atoms. The summed E-state index contributed by atoms with van der Waals surface area (Å²) in [6.07, 6.45) is 2.57. The number of rotatable bonds is 7. The number of aromatic nitrogens is 2. The highest BCUT2D eigenvalue weighted by Gasteiger charge is 2.24. The summed E-state index contributed by atoms with van der Waals surface area (Å²) in [6, 6.07) is 9.59. The third-order valence-corrected chi connectivity index (χ3v) is 4.33. The number of para-hydroxylation sites is 2. The Labute approximate surface area is 159 Å². The maximum absolute atomic E-state index is 12.2. The standard InChI is InChI=1S/C19H26N6O2/c1-3-20-19(22-13-15-9-11-23-24(15)2)21-10-6-12-25-16-7-4-5-8-17(16)27-14-18(25)26/h4-5,7-9,11H,3,6,10,12-14H2,1-2H3,(H2,20,21,22). The second kappa shape index (κ2) is 9.07. The zero-order valence-corrected chi connectivity index (χ0v) is 15.8. The fraction of sp³-hybridized carbons (Fsp3) is 0.421. The highest BCUT2D eigenvalue weighted by Crippen LogP contribution is 2.31. The molecule has 144 valence electrons. The molecule has 0 atom stereocenters. The highest BCUT2D eigenvalue weighted by atomic mass is 16.5. The smallest absolute Gasteiger partial charge is 0.265 e. The normalized spacial score (nSPS) is 13.9. The Morgan fingerprint density at radius 3 is 2.93 bits per heavy atom. The molecule has 2 aromatic rings. The van der Waals surface area contributed by atoms with Crippen LogP contribution < -0.4 is 20.3 Å². The van der Waals surface area contributed by atoms with Crippen LogP contribution in [0.25, 0.3) is 0 Å². The van der Waals surface area contributed by atoms with Crippen molar-refractivity contribution in [1.29, 1.82) is 0 Å². The first-order valence-electron chi connectivity index (χ1n) is 9.20. The maximum atomic E-state index is 12.2. The van der Waals surface area contributed by atoms with Crippen LogP contribution in [-0.4, -0.2) is 47.9 Å². The summed E-state index contributed by atoms with van der Waals surface area (Å²) in [5.41, 5.74) is 1.88. The van der Waals surface area contributed by atoms with Gasteiger partial charge < -0.3 is 20.3 Å². The molecule has 1 amide bonds. The predicted octanol–water partition coefficient (Wildman–Crippen LogP) is 1.29. The highest BCUT2D eigenvalue weighted by molar-refractivity contribution is 5.97. The SMILES string of the molecule is CCNC(=NCc1ccnn1C)NCCCN1C(=O)COc2ccccc21. The first kappa shape index (κ1) is 18.8. The molecule has 0 unspecified atom stereocenters. The van der Waals surface area contributed by atoms with E-state index in [0.717, 1.165) is 36.1 Å². The number of guanidine groups is 1. The number of aryl methyl sites for hydroxylation is 1. The van der Waals surface area contributed by atoms with Gasteiger partial charge in [0, 0.05) is 32.9 Å². The largest absolute Gasteiger partial charge is 0.482 e. The molecule has 0 saturated carbocycles. The zero-order chi connectivity index (χ0) is 19.1. The quantitative estimate of drug-likeness (QED) is 0.436. The van der Waals surface area contributed by atoms with Gasteiger partial charge in [-0.05, 0) is 31.5 Å². The zero-order valence-electron chi connectivity index (χ0n) is 15.8. The molecule has 27 heavy (non-hydrogen) atoms. The average Bonchev–Trinajstić information content (AvgIpc) is 3.09. The van der Waals surface area contributed by atoms with Crippen LogP contribution >= 0.6 is 0 Å². The third kappa shape index (κ3) is 4.78. The molecule has 1 aromatic heterocycles. The summed E-state index contributed by atoms with van der Waals surface area (Å²) in [4.78, 5) is 18.6. The van der Waals surface area contributed by atoms with Gasteiger partial charge in [-0.15, -0.1) is 0 Å². The fourth-order valence-corrected chi connectivity index (χ4v) is 2.90. The average molecular weight is 370 g/mol. The van der Waals surface area contributed by atoms with Crippen molar-refractivity contribution in [3.8, 4) is 5.75 Å². The van der Waals surface area contributed by atoms with Gasteiger partial charge in [0.25, 0.3) is 5.91 Å². The van der Waals surface area contributed by atoms with Gasteiger partial charge in [-0.2, -0.15) is 5.10 Å². The number of fused-ring (bicyclic) bond motifs is 1. The molecular weight excluding hydrogens is 344 g/mol. The molecule has 8 heteroatoms. The number of ether oxygens (including phenoxy) is 1. The Balaban J connectivity index is 1.52. The van der Waals surface area contributed by atoms with Crippen molar-refractivity contribution in [2.75, 3.05) is 31.1 Å². The molecule has 1 aromatic carbocycles. The van der Waals surface area contributed by atoms with E-state index >= 15 is 0 Å². The number of amides is 1. The number of nitrogens with one attached hydrogen (secondary N) is 2. The van der Waals surface area contributed by atoms with Crippen molar-refractivity contribution in [3.63, 3.8) is 0 Å². The van der Waals surface area contributed by atoms with Crippen molar-refractivity contribution < 1.29 is 9.53 Å². The van der Waals surface area contributed by atoms with E-state index in [-0.39, 0.29) is 12.5 Å². The number of nitrogens with zero attached hydrogens (tertiary/aromatic N) is 4. The number of anilines is 1. The van der Waals surface area contributed by atoms with Crippen LogP contribution in [0.2, 0.25) is 0 Å². The molecule has 1 aliphatic heterocycles. The molecule has 0 saturated heterocycles. The second-order valence-electron chi connectivity index (χ2n) is 6.22. The Morgan fingerprint density at radius 2 is 2.15 bits per heavy atom. The minimum Gasteiger partial charge on any atom is -0.482 e. The van der Waals surface area contributed by atoms with Gasteiger partial charge in [-0.25, -0.2) is 4.99 Å². The van der Waals surface area contributed by atoms with Crippen LogP contribution in [0.1, 0.15) is 19.0 Å². The van der Waals surface area contributed by atoms with Crippen LogP contribution in [-0.2, 0) is 18.4 Å². The summed E-state index contributed by atoms with van der Waals surface area (Å²) in [7, 11) is 1.91. The van der Waals surface area contributed by atoms with Gasteiger partial charge in [-0.3, -0.25) is 9.48 Å². The number of aliphatic imine (C=N–C) groups is 1. The number of benzene rings is 1. The van der Waals surface area contributed by atoms with Crippen molar-refractivity contribution in [2.45, 2.75) is 19.9 Å². The Hall–Kier alpha value is -3.03. The Kier molecular flexibility index (Phi) is 6.30. The lowest BCUT2D eigenvalue weighted by atomic mass is 10.2. The number of carbonyl (C=O) groups excluding carboxylic acids is 1. The minimum absolute atomic E-state index is 0.00881.